The van der Waals surface area contributed by atoms with Crippen LogP contribution >= 0.6 is 0 Å². The van der Waals surface area contributed by atoms with E-state index in [1.807, 2.05) is 0 Å². The molecule has 1 aliphatic carbocycles. The van der Waals surface area contributed by atoms with Crippen LogP contribution < -0.4 is 0 Å². The largest absolute Gasteiger partial charge is 0.455 e. The Kier molecular flexibility index (Phi) is 3.75. The third-order valence-electron chi connectivity index (χ3n) is 3.23. The molecule has 3 nitrogen and oxygen atoms in total. The van der Waals surface area contributed by atoms with Crippen molar-refractivity contribution >= 4 is 11.8 Å². The van der Waals surface area contributed by atoms with Crippen molar-refractivity contribution in [3.8, 4) is 0 Å². The summed E-state index contributed by atoms with van der Waals surface area (Å²) in [5.74, 6) is -0.650. The summed E-state index contributed by atoms with van der Waals surface area (Å²) in [4.78, 5) is 22.7. The maximum Gasteiger partial charge on any atom is 0.303 e. The fourth-order valence-corrected chi connectivity index (χ4v) is 2.33. The van der Waals surface area contributed by atoms with E-state index in [-0.39, 0.29) is 17.5 Å². The van der Waals surface area contributed by atoms with E-state index in [0.717, 1.165) is 12.0 Å². The molecule has 96 valence electrons. The number of ether oxygens (including phenoxy) is 1. The molecule has 18 heavy (non-hydrogen) atoms. The Labute approximate surface area is 105 Å². The highest BCUT2D eigenvalue weighted by Crippen LogP contribution is 2.32. The highest BCUT2D eigenvalue weighted by Gasteiger charge is 2.31. The van der Waals surface area contributed by atoms with E-state index < -0.39 is 12.1 Å². The minimum Gasteiger partial charge on any atom is -0.455 e. The van der Waals surface area contributed by atoms with Gasteiger partial charge in [0.2, 0.25) is 0 Å². The number of esters is 1. The summed E-state index contributed by atoms with van der Waals surface area (Å²) in [6.07, 6.45) is 1.07. The van der Waals surface area contributed by atoms with Crippen LogP contribution in [0.2, 0.25) is 0 Å². The van der Waals surface area contributed by atoms with Crippen LogP contribution in [0.25, 0.3) is 0 Å². The molecule has 1 aromatic carbocycles. The second-order valence-corrected chi connectivity index (χ2v) is 4.59. The maximum absolute atomic E-state index is 12.8. The summed E-state index contributed by atoms with van der Waals surface area (Å²) in [7, 11) is 0. The highest BCUT2D eigenvalue weighted by atomic mass is 19.1. The molecular formula is C14H15FO3. The van der Waals surface area contributed by atoms with Gasteiger partial charge in [-0.25, -0.2) is 4.39 Å². The van der Waals surface area contributed by atoms with Gasteiger partial charge in [-0.2, -0.15) is 0 Å². The molecule has 0 aromatic heterocycles. The van der Waals surface area contributed by atoms with Gasteiger partial charge in [0.05, 0.1) is 0 Å². The van der Waals surface area contributed by atoms with E-state index in [1.54, 1.807) is 12.1 Å². The molecular weight excluding hydrogens is 235 g/mol. The van der Waals surface area contributed by atoms with Gasteiger partial charge in [-0.1, -0.05) is 12.1 Å². The lowest BCUT2D eigenvalue weighted by atomic mass is 9.82. The Balaban J connectivity index is 2.01. The van der Waals surface area contributed by atoms with Gasteiger partial charge in [0, 0.05) is 13.3 Å². The molecule has 0 amide bonds. The second kappa shape index (κ2) is 5.29. The van der Waals surface area contributed by atoms with Crippen LogP contribution in [0.15, 0.2) is 24.3 Å². The summed E-state index contributed by atoms with van der Waals surface area (Å²) in [6, 6.07) is 6.22. The average molecular weight is 250 g/mol. The minimum atomic E-state index is -0.598. The summed E-state index contributed by atoms with van der Waals surface area (Å²) in [6.45, 7) is 1.30. The third kappa shape index (κ3) is 2.94. The number of Topliss-reactive ketones (excluding diaryl/α,β-unsaturated/α-hetero) is 1. The van der Waals surface area contributed by atoms with Crippen LogP contribution in [0.5, 0.6) is 0 Å². The first-order valence-electron chi connectivity index (χ1n) is 6.01. The second-order valence-electron chi connectivity index (χ2n) is 4.59. The fourth-order valence-electron chi connectivity index (χ4n) is 2.33. The zero-order valence-corrected chi connectivity index (χ0v) is 10.2. The van der Waals surface area contributed by atoms with E-state index in [9.17, 15) is 14.0 Å². The molecule has 0 spiro atoms. The number of carbonyl (C=O) groups excluding carboxylic acids is 2. The molecule has 0 bridgehead atoms. The first kappa shape index (κ1) is 12.7. The molecule has 0 aliphatic heterocycles. The molecule has 2 atom stereocenters. The van der Waals surface area contributed by atoms with Crippen molar-refractivity contribution in [1.29, 1.82) is 0 Å². The number of hydrogen-bond acceptors (Lipinski definition) is 3. The molecule has 0 heterocycles. The average Bonchev–Trinajstić information content (AvgIpc) is 2.32. The van der Waals surface area contributed by atoms with Gasteiger partial charge >= 0.3 is 5.97 Å². The van der Waals surface area contributed by atoms with Gasteiger partial charge in [-0.3, -0.25) is 9.59 Å². The third-order valence-corrected chi connectivity index (χ3v) is 3.23. The smallest absolute Gasteiger partial charge is 0.303 e. The zero-order chi connectivity index (χ0) is 13.1. The fraction of sp³-hybridized carbons (Fsp3) is 0.429. The van der Waals surface area contributed by atoms with Gasteiger partial charge in [0.1, 0.15) is 5.82 Å². The van der Waals surface area contributed by atoms with Gasteiger partial charge in [-0.15, -0.1) is 0 Å². The van der Waals surface area contributed by atoms with E-state index >= 15 is 0 Å². The van der Waals surface area contributed by atoms with Crippen LogP contribution in [-0.2, 0) is 14.3 Å². The Morgan fingerprint density at radius 3 is 2.50 bits per heavy atom. The Bertz CT molecular complexity index is 453. The van der Waals surface area contributed by atoms with Crippen molar-refractivity contribution in [2.45, 2.75) is 38.2 Å². The summed E-state index contributed by atoms with van der Waals surface area (Å²) in [5, 5.41) is 0. The molecule has 0 radical (unpaired) electrons. The number of ketones is 1. The van der Waals surface area contributed by atoms with E-state index in [0.29, 0.717) is 12.8 Å². The molecule has 4 heteroatoms. The van der Waals surface area contributed by atoms with Crippen LogP contribution in [0.4, 0.5) is 4.39 Å². The van der Waals surface area contributed by atoms with E-state index in [1.165, 1.54) is 19.1 Å². The number of benzene rings is 1. The molecule has 2 unspecified atom stereocenters. The Hall–Kier alpha value is -1.71. The SMILES string of the molecule is CC(=O)OC1CCC(c2ccc(F)cc2)CC1=O. The van der Waals surface area contributed by atoms with Gasteiger partial charge in [0.15, 0.2) is 11.9 Å². The molecule has 1 saturated carbocycles. The molecule has 1 aliphatic rings. The maximum atomic E-state index is 12.8. The summed E-state index contributed by atoms with van der Waals surface area (Å²) < 4.78 is 17.8. The van der Waals surface area contributed by atoms with Crippen molar-refractivity contribution in [2.24, 2.45) is 0 Å². The number of rotatable bonds is 2. The van der Waals surface area contributed by atoms with Gasteiger partial charge < -0.3 is 4.74 Å². The number of halogens is 1. The van der Waals surface area contributed by atoms with Crippen molar-refractivity contribution in [2.75, 3.05) is 0 Å². The van der Waals surface area contributed by atoms with Crippen molar-refractivity contribution < 1.29 is 18.7 Å². The lowest BCUT2D eigenvalue weighted by Gasteiger charge is -2.27. The van der Waals surface area contributed by atoms with Gasteiger partial charge in [-0.05, 0) is 36.5 Å². The standard InChI is InChI=1S/C14H15FO3/c1-9(16)18-14-7-4-11(8-13(14)17)10-2-5-12(15)6-3-10/h2-3,5-6,11,14H,4,7-8H2,1H3. The number of hydrogen-bond donors (Lipinski definition) is 0. The predicted octanol–water partition coefficient (Wildman–Crippen LogP) is 2.59. The highest BCUT2D eigenvalue weighted by molar-refractivity contribution is 5.86. The van der Waals surface area contributed by atoms with Crippen LogP contribution in [0.1, 0.15) is 37.7 Å². The zero-order valence-electron chi connectivity index (χ0n) is 10.2. The quantitative estimate of drug-likeness (QED) is 0.758. The molecule has 0 N–H and O–H groups in total. The minimum absolute atomic E-state index is 0.0502. The first-order chi connectivity index (χ1) is 8.56. The monoisotopic (exact) mass is 250 g/mol. The normalized spacial score (nSPS) is 23.8. The first-order valence-corrected chi connectivity index (χ1v) is 6.01. The van der Waals surface area contributed by atoms with Gasteiger partial charge in [0.25, 0.3) is 0 Å². The van der Waals surface area contributed by atoms with Crippen LogP contribution in [0.3, 0.4) is 0 Å². The summed E-state index contributed by atoms with van der Waals surface area (Å²) >= 11 is 0. The topological polar surface area (TPSA) is 43.4 Å². The number of carbonyl (C=O) groups is 2. The van der Waals surface area contributed by atoms with Crippen molar-refractivity contribution in [1.82, 2.24) is 0 Å². The van der Waals surface area contributed by atoms with E-state index in [4.69, 9.17) is 4.74 Å². The lowest BCUT2D eigenvalue weighted by molar-refractivity contribution is -0.155. The van der Waals surface area contributed by atoms with Crippen LogP contribution in [-0.4, -0.2) is 17.9 Å². The summed E-state index contributed by atoms with van der Waals surface area (Å²) in [5.41, 5.74) is 0.964. The molecule has 1 aromatic rings. The Morgan fingerprint density at radius 2 is 1.94 bits per heavy atom. The van der Waals surface area contributed by atoms with E-state index in [2.05, 4.69) is 0 Å². The molecule has 1 fully saturated rings. The predicted molar refractivity (Wildman–Crippen MR) is 63.6 cm³/mol. The van der Waals surface area contributed by atoms with Crippen LogP contribution in [0, 0.1) is 5.82 Å². The molecule has 2 rings (SSSR count). The molecule has 0 saturated heterocycles. The lowest BCUT2D eigenvalue weighted by Crippen LogP contribution is -2.32. The van der Waals surface area contributed by atoms with Crippen molar-refractivity contribution in [3.63, 3.8) is 0 Å². The Morgan fingerprint density at radius 1 is 1.28 bits per heavy atom. The van der Waals surface area contributed by atoms with Crippen molar-refractivity contribution in [3.05, 3.63) is 35.6 Å².